The molecule has 0 aliphatic heterocycles. The Morgan fingerprint density at radius 1 is 1.16 bits per heavy atom. The van der Waals surface area contributed by atoms with Gasteiger partial charge in [0.2, 0.25) is 0 Å². The molecule has 1 aliphatic carbocycles. The van der Waals surface area contributed by atoms with E-state index >= 15 is 0 Å². The number of allylic oxidation sites excluding steroid dienone is 5. The standard InChI is InChI=1S/C21H26N8O2/c1-13(19(28-21(24)31)27-16-8-6-4-5-7-9-16)17(22)15-10-11-25-20(18(23)30)29(3)14(2)26-12-15/h4-8,10-12H,9,22H2,1-3H3,(H2,23,30)(H3,24,27,28,31). The Morgan fingerprint density at radius 2 is 1.90 bits per heavy atom. The molecule has 1 heterocycles. The van der Waals surface area contributed by atoms with Crippen LogP contribution >= 0.6 is 0 Å². The number of primary amides is 2. The van der Waals surface area contributed by atoms with Gasteiger partial charge in [-0.1, -0.05) is 24.3 Å². The third-order valence-corrected chi connectivity index (χ3v) is 4.41. The van der Waals surface area contributed by atoms with Crippen molar-refractivity contribution < 1.29 is 9.59 Å². The van der Waals surface area contributed by atoms with E-state index in [0.717, 1.165) is 0 Å². The van der Waals surface area contributed by atoms with Crippen LogP contribution in [0.2, 0.25) is 0 Å². The molecule has 0 aromatic carbocycles. The predicted molar refractivity (Wildman–Crippen MR) is 120 cm³/mol. The summed E-state index contributed by atoms with van der Waals surface area (Å²) in [4.78, 5) is 36.2. The molecule has 10 heteroatoms. The van der Waals surface area contributed by atoms with E-state index in [4.69, 9.17) is 17.2 Å². The van der Waals surface area contributed by atoms with Gasteiger partial charge in [0.05, 0.1) is 0 Å². The molecule has 1 aromatic rings. The summed E-state index contributed by atoms with van der Waals surface area (Å²) in [6.07, 6.45) is 12.9. The minimum atomic E-state index is -0.767. The summed E-state index contributed by atoms with van der Waals surface area (Å²) in [6, 6.07) is 0.812. The Kier molecular flexibility index (Phi) is 7.84. The van der Waals surface area contributed by atoms with Gasteiger partial charge in [0.15, 0.2) is 5.82 Å². The van der Waals surface area contributed by atoms with Crippen LogP contribution in [0.4, 0.5) is 4.79 Å². The number of carbonyl (C=O) groups excluding carboxylic acids is 2. The third kappa shape index (κ3) is 6.39. The first-order valence-electron chi connectivity index (χ1n) is 9.37. The highest BCUT2D eigenvalue weighted by Gasteiger charge is 2.12. The molecule has 1 aromatic heterocycles. The van der Waals surface area contributed by atoms with Crippen LogP contribution < -0.4 is 22.5 Å². The summed E-state index contributed by atoms with van der Waals surface area (Å²) >= 11 is 0. The molecule has 3 amide bonds. The second-order valence-corrected chi connectivity index (χ2v) is 6.62. The maximum absolute atomic E-state index is 11.6. The molecule has 162 valence electrons. The fraction of sp³-hybridized carbons (Fsp3) is 0.190. The number of hydrogen-bond donors (Lipinski definition) is 4. The van der Waals surface area contributed by atoms with E-state index in [1.54, 1.807) is 27.0 Å². The van der Waals surface area contributed by atoms with Crippen molar-refractivity contribution in [3.8, 4) is 0 Å². The Morgan fingerprint density at radius 3 is 2.58 bits per heavy atom. The van der Waals surface area contributed by atoms with Gasteiger partial charge in [-0.25, -0.2) is 19.8 Å². The lowest BCUT2D eigenvalue weighted by molar-refractivity contribution is 0.0986. The fourth-order valence-corrected chi connectivity index (χ4v) is 2.57. The van der Waals surface area contributed by atoms with E-state index < -0.39 is 11.9 Å². The normalized spacial score (nSPS) is 14.2. The molecular formula is C21H26N8O2. The van der Waals surface area contributed by atoms with Crippen molar-refractivity contribution >= 4 is 23.5 Å². The molecule has 0 saturated heterocycles. The molecule has 0 atom stereocenters. The summed E-state index contributed by atoms with van der Waals surface area (Å²) in [6.45, 7) is 3.40. The van der Waals surface area contributed by atoms with Crippen molar-refractivity contribution in [3.05, 3.63) is 77.3 Å². The minimum absolute atomic E-state index is 0.0329. The first-order chi connectivity index (χ1) is 14.7. The highest BCUT2D eigenvalue weighted by atomic mass is 16.2. The molecule has 10 nitrogen and oxygen atoms in total. The number of aromatic nitrogens is 3. The van der Waals surface area contributed by atoms with E-state index in [1.165, 1.54) is 17.0 Å². The van der Waals surface area contributed by atoms with Crippen molar-refractivity contribution in [3.63, 3.8) is 0 Å². The molecule has 0 unspecified atom stereocenters. The molecule has 2 rings (SSSR count). The first-order valence-corrected chi connectivity index (χ1v) is 9.37. The van der Waals surface area contributed by atoms with Gasteiger partial charge in [-0.3, -0.25) is 10.1 Å². The van der Waals surface area contributed by atoms with Crippen LogP contribution in [0, 0.1) is 6.92 Å². The predicted octanol–water partition coefficient (Wildman–Crippen LogP) is 1.50. The van der Waals surface area contributed by atoms with Crippen LogP contribution in [0.1, 0.15) is 35.4 Å². The number of nitrogens with two attached hydrogens (primary N) is 3. The van der Waals surface area contributed by atoms with E-state index in [2.05, 4.69) is 20.3 Å². The largest absolute Gasteiger partial charge is 0.398 e. The number of aryl methyl sites for hydroxylation is 1. The smallest absolute Gasteiger partial charge is 0.317 e. The monoisotopic (exact) mass is 422 g/mol. The van der Waals surface area contributed by atoms with Crippen LogP contribution in [0.5, 0.6) is 0 Å². The van der Waals surface area contributed by atoms with Crippen molar-refractivity contribution in [2.45, 2.75) is 20.3 Å². The Labute approximate surface area is 180 Å². The molecule has 0 fully saturated rings. The molecular weight excluding hydrogens is 396 g/mol. The third-order valence-electron chi connectivity index (χ3n) is 4.41. The summed E-state index contributed by atoms with van der Waals surface area (Å²) in [5.74, 6) is 0.0407. The van der Waals surface area contributed by atoms with Crippen molar-refractivity contribution in [2.24, 2.45) is 29.2 Å². The molecule has 0 spiro atoms. The van der Waals surface area contributed by atoms with Crippen LogP contribution in [0.25, 0.3) is 5.70 Å². The van der Waals surface area contributed by atoms with Gasteiger partial charge in [-0.05, 0) is 26.0 Å². The number of rotatable bonds is 4. The number of aliphatic imine (C=N–C) groups is 1. The lowest BCUT2D eigenvalue weighted by atomic mass is 10.1. The van der Waals surface area contributed by atoms with Gasteiger partial charge in [0.1, 0.15) is 11.7 Å². The zero-order chi connectivity index (χ0) is 23.0. The topological polar surface area (TPSA) is 167 Å². The van der Waals surface area contributed by atoms with Crippen molar-refractivity contribution in [1.29, 1.82) is 0 Å². The van der Waals surface area contributed by atoms with Crippen LogP contribution in [-0.4, -0.2) is 32.3 Å². The molecule has 1 aliphatic rings. The Hall–Kier alpha value is -4.21. The number of hydrogen-bond acceptors (Lipinski definition) is 6. The number of nitrogens with one attached hydrogen (secondary N) is 1. The van der Waals surface area contributed by atoms with E-state index in [0.29, 0.717) is 34.8 Å². The molecule has 0 saturated carbocycles. The number of amides is 3. The second kappa shape index (κ2) is 10.5. The van der Waals surface area contributed by atoms with Gasteiger partial charge >= 0.3 is 6.03 Å². The summed E-state index contributed by atoms with van der Waals surface area (Å²) in [7, 11) is 1.63. The lowest BCUT2D eigenvalue weighted by Gasteiger charge is -2.12. The molecule has 31 heavy (non-hydrogen) atoms. The van der Waals surface area contributed by atoms with Crippen LogP contribution in [0.3, 0.4) is 0 Å². The van der Waals surface area contributed by atoms with E-state index in [9.17, 15) is 9.59 Å². The summed E-state index contributed by atoms with van der Waals surface area (Å²) in [5.41, 5.74) is 19.1. The molecule has 0 radical (unpaired) electrons. The summed E-state index contributed by atoms with van der Waals surface area (Å²) < 4.78 is 1.47. The van der Waals surface area contributed by atoms with Gasteiger partial charge in [0, 0.05) is 48.4 Å². The number of nitrogens with zero attached hydrogens (tertiary/aromatic N) is 4. The van der Waals surface area contributed by atoms with Gasteiger partial charge in [-0.15, -0.1) is 0 Å². The average Bonchev–Trinajstić information content (AvgIpc) is 2.95. The van der Waals surface area contributed by atoms with E-state index in [-0.39, 0.29) is 11.7 Å². The zero-order valence-corrected chi connectivity index (χ0v) is 17.7. The molecule has 7 N–H and O–H groups in total. The number of amidine groups is 1. The SMILES string of the molecule is CC(C(=NC1=CC=CC=CC1)NC(N)=O)=C(N)c1ccnc(C(N)=O)n(C)c(C)nc1. The van der Waals surface area contributed by atoms with Crippen LogP contribution in [-0.2, 0) is 7.05 Å². The van der Waals surface area contributed by atoms with Gasteiger partial charge in [0.25, 0.3) is 5.91 Å². The molecule has 0 bridgehead atoms. The fourth-order valence-electron chi connectivity index (χ4n) is 2.57. The van der Waals surface area contributed by atoms with Gasteiger partial charge in [-0.2, -0.15) is 0 Å². The van der Waals surface area contributed by atoms with Crippen molar-refractivity contribution in [2.75, 3.05) is 0 Å². The number of carbonyl (C=O) groups is 2. The quantitative estimate of drug-likeness (QED) is 0.425. The Balaban J connectivity index is 2.62. The van der Waals surface area contributed by atoms with E-state index in [1.807, 2.05) is 30.4 Å². The summed E-state index contributed by atoms with van der Waals surface area (Å²) in [5, 5.41) is 2.52. The first kappa shape index (κ1) is 23.1. The van der Waals surface area contributed by atoms with Crippen molar-refractivity contribution in [1.82, 2.24) is 19.9 Å². The minimum Gasteiger partial charge on any atom is -0.398 e. The van der Waals surface area contributed by atoms with Gasteiger partial charge < -0.3 is 21.8 Å². The maximum Gasteiger partial charge on any atom is 0.317 e. The average molecular weight is 422 g/mol. The highest BCUT2D eigenvalue weighted by molar-refractivity contribution is 6.10. The number of urea groups is 1. The Bertz CT molecular complexity index is 1090. The van der Waals surface area contributed by atoms with Crippen LogP contribution in [0.15, 0.2) is 65.1 Å². The second-order valence-electron chi connectivity index (χ2n) is 6.62. The zero-order valence-electron chi connectivity index (χ0n) is 17.7. The highest BCUT2D eigenvalue weighted by Crippen LogP contribution is 2.15. The lowest BCUT2D eigenvalue weighted by Crippen LogP contribution is -2.36. The maximum atomic E-state index is 11.6.